The van der Waals surface area contributed by atoms with Gasteiger partial charge in [-0.3, -0.25) is 9.78 Å². The summed E-state index contributed by atoms with van der Waals surface area (Å²) < 4.78 is 19.8. The lowest BCUT2D eigenvalue weighted by Crippen LogP contribution is -2.46. The molecule has 5 rings (SSSR count). The molecule has 0 bridgehead atoms. The van der Waals surface area contributed by atoms with Crippen molar-refractivity contribution < 1.29 is 13.9 Å². The molecule has 0 aliphatic carbocycles. The summed E-state index contributed by atoms with van der Waals surface area (Å²) in [6, 6.07) is 8.47. The molecule has 0 unspecified atom stereocenters. The number of carbonyl (C=O) groups excluding carboxylic acids is 1. The van der Waals surface area contributed by atoms with E-state index in [2.05, 4.69) is 34.2 Å². The zero-order chi connectivity index (χ0) is 23.9. The van der Waals surface area contributed by atoms with Crippen LogP contribution in [-0.2, 0) is 16.0 Å². The van der Waals surface area contributed by atoms with Gasteiger partial charge in [-0.15, -0.1) is 0 Å². The Bertz CT molecular complexity index is 1160. The van der Waals surface area contributed by atoms with Crippen LogP contribution in [0, 0.1) is 5.82 Å². The summed E-state index contributed by atoms with van der Waals surface area (Å²) >= 11 is 0. The summed E-state index contributed by atoms with van der Waals surface area (Å²) in [5, 5.41) is 2.74. The molecule has 0 saturated carbocycles. The molecule has 4 heterocycles. The van der Waals surface area contributed by atoms with E-state index in [1.165, 1.54) is 12.1 Å². The molecule has 7 heteroatoms. The number of hydrogen-bond acceptors (Lipinski definition) is 5. The van der Waals surface area contributed by atoms with Crippen LogP contribution in [0.4, 0.5) is 10.1 Å². The Morgan fingerprint density at radius 1 is 1.12 bits per heavy atom. The van der Waals surface area contributed by atoms with Gasteiger partial charge in [0.15, 0.2) is 0 Å². The molecule has 0 spiro atoms. The number of allylic oxidation sites excluding steroid dienone is 1. The molecule has 3 aliphatic rings. The Morgan fingerprint density at radius 3 is 2.59 bits per heavy atom. The molecule has 1 fully saturated rings. The number of halogens is 1. The highest BCUT2D eigenvalue weighted by Crippen LogP contribution is 2.44. The van der Waals surface area contributed by atoms with Crippen LogP contribution in [0.2, 0.25) is 0 Å². The van der Waals surface area contributed by atoms with Crippen molar-refractivity contribution in [3.8, 4) is 0 Å². The molecule has 1 amide bonds. The number of piperazine rings is 1. The number of fused-ring (bicyclic) bond motifs is 1. The molecule has 34 heavy (non-hydrogen) atoms. The van der Waals surface area contributed by atoms with Crippen molar-refractivity contribution in [3.63, 3.8) is 0 Å². The van der Waals surface area contributed by atoms with Crippen molar-refractivity contribution >= 4 is 22.7 Å². The highest BCUT2D eigenvalue weighted by Gasteiger charge is 2.38. The SMILES string of the molecule is CCN1CCN(CCc2ccc(C3=C/C(=C4\C(=O)Nc5cc(F)ccc54)OC3(C)C)cn2)CC1. The standard InChI is InChI=1S/C27H31FN4O2/c1-4-31-11-13-32(14-12-31)10-9-20-7-5-18(17-29-20)22-16-24(34-27(22,2)3)25-21-8-6-19(28)15-23(21)30-26(25)33/h5-8,15-17H,4,9-14H2,1-3H3,(H,30,33)/b25-24+. The maximum Gasteiger partial charge on any atom is 0.260 e. The molecule has 2 aromatic rings. The second-order valence-electron chi connectivity index (χ2n) is 9.62. The van der Waals surface area contributed by atoms with Crippen molar-refractivity contribution in [2.45, 2.75) is 32.8 Å². The van der Waals surface area contributed by atoms with Crippen molar-refractivity contribution in [2.75, 3.05) is 44.6 Å². The lowest BCUT2D eigenvalue weighted by atomic mass is 9.93. The van der Waals surface area contributed by atoms with Gasteiger partial charge >= 0.3 is 0 Å². The zero-order valence-corrected chi connectivity index (χ0v) is 20.0. The van der Waals surface area contributed by atoms with Crippen LogP contribution in [0.15, 0.2) is 48.4 Å². The molecular weight excluding hydrogens is 431 g/mol. The topological polar surface area (TPSA) is 57.7 Å². The third-order valence-electron chi connectivity index (χ3n) is 6.99. The molecule has 0 atom stereocenters. The fourth-order valence-electron chi connectivity index (χ4n) is 4.94. The van der Waals surface area contributed by atoms with Gasteiger partial charge in [0, 0.05) is 67.7 Å². The Balaban J connectivity index is 1.33. The average Bonchev–Trinajstić information content (AvgIpc) is 3.32. The number of pyridine rings is 1. The van der Waals surface area contributed by atoms with Crippen LogP contribution in [0.1, 0.15) is 37.6 Å². The fraction of sp³-hybridized carbons (Fsp3) is 0.407. The fourth-order valence-corrected chi connectivity index (χ4v) is 4.94. The lowest BCUT2D eigenvalue weighted by Gasteiger charge is -2.33. The van der Waals surface area contributed by atoms with E-state index in [4.69, 9.17) is 9.72 Å². The first-order chi connectivity index (χ1) is 16.3. The van der Waals surface area contributed by atoms with Gasteiger partial charge < -0.3 is 19.9 Å². The molecule has 1 N–H and O–H groups in total. The number of ether oxygens (including phenoxy) is 1. The van der Waals surface area contributed by atoms with Crippen LogP contribution in [0.25, 0.3) is 11.1 Å². The minimum absolute atomic E-state index is 0.280. The third-order valence-corrected chi connectivity index (χ3v) is 6.99. The maximum absolute atomic E-state index is 13.6. The Kier molecular flexibility index (Phi) is 6.00. The van der Waals surface area contributed by atoms with Crippen LogP contribution >= 0.6 is 0 Å². The Morgan fingerprint density at radius 2 is 1.88 bits per heavy atom. The normalized spacial score (nSPS) is 22.4. The number of aromatic nitrogens is 1. The van der Waals surface area contributed by atoms with Gasteiger partial charge in [-0.25, -0.2) is 4.39 Å². The lowest BCUT2D eigenvalue weighted by molar-refractivity contribution is -0.111. The van der Waals surface area contributed by atoms with Crippen molar-refractivity contribution in [1.29, 1.82) is 0 Å². The molecule has 1 aromatic carbocycles. The average molecular weight is 463 g/mol. The highest BCUT2D eigenvalue weighted by atomic mass is 19.1. The summed E-state index contributed by atoms with van der Waals surface area (Å²) in [7, 11) is 0. The summed E-state index contributed by atoms with van der Waals surface area (Å²) in [5.41, 5.74) is 3.95. The summed E-state index contributed by atoms with van der Waals surface area (Å²) in [4.78, 5) is 22.4. The summed E-state index contributed by atoms with van der Waals surface area (Å²) in [5.74, 6) is -0.168. The second kappa shape index (κ2) is 8.96. The third kappa shape index (κ3) is 4.38. The van der Waals surface area contributed by atoms with Crippen LogP contribution in [0.3, 0.4) is 0 Å². The predicted octanol–water partition coefficient (Wildman–Crippen LogP) is 3.96. The van der Waals surface area contributed by atoms with Gasteiger partial charge in [-0.1, -0.05) is 13.0 Å². The summed E-state index contributed by atoms with van der Waals surface area (Å²) in [6.07, 6.45) is 4.73. The van der Waals surface area contributed by atoms with Gasteiger partial charge in [0.2, 0.25) is 0 Å². The molecule has 1 saturated heterocycles. The van der Waals surface area contributed by atoms with Gasteiger partial charge in [0.05, 0.1) is 11.3 Å². The van der Waals surface area contributed by atoms with E-state index < -0.39 is 5.60 Å². The maximum atomic E-state index is 13.6. The van der Waals surface area contributed by atoms with Crippen LogP contribution in [0.5, 0.6) is 0 Å². The van der Waals surface area contributed by atoms with Crippen molar-refractivity contribution in [1.82, 2.24) is 14.8 Å². The van der Waals surface area contributed by atoms with Gasteiger partial charge in [-0.2, -0.15) is 0 Å². The molecule has 0 radical (unpaired) electrons. The van der Waals surface area contributed by atoms with Crippen LogP contribution in [-0.4, -0.2) is 65.6 Å². The van der Waals surface area contributed by atoms with Crippen molar-refractivity contribution in [2.24, 2.45) is 0 Å². The number of hydrogen-bond donors (Lipinski definition) is 1. The van der Waals surface area contributed by atoms with Crippen LogP contribution < -0.4 is 5.32 Å². The van der Waals surface area contributed by atoms with E-state index in [0.717, 1.165) is 62.5 Å². The van der Waals surface area contributed by atoms with Crippen molar-refractivity contribution in [3.05, 3.63) is 71.0 Å². The van der Waals surface area contributed by atoms with Gasteiger partial charge in [0.25, 0.3) is 5.91 Å². The number of rotatable bonds is 5. The second-order valence-corrected chi connectivity index (χ2v) is 9.62. The van der Waals surface area contributed by atoms with E-state index in [1.807, 2.05) is 26.1 Å². The molecule has 6 nitrogen and oxygen atoms in total. The molecule has 178 valence electrons. The number of amides is 1. The summed E-state index contributed by atoms with van der Waals surface area (Å²) in [6.45, 7) is 12.8. The first kappa shape index (κ1) is 22.7. The Hall–Kier alpha value is -3.03. The minimum atomic E-state index is -0.618. The first-order valence-corrected chi connectivity index (χ1v) is 12.0. The van der Waals surface area contributed by atoms with E-state index in [-0.39, 0.29) is 11.7 Å². The minimum Gasteiger partial charge on any atom is -0.482 e. The first-order valence-electron chi connectivity index (χ1n) is 12.0. The quantitative estimate of drug-likeness (QED) is 0.682. The Labute approximate surface area is 200 Å². The molecule has 3 aliphatic heterocycles. The number of anilines is 1. The predicted molar refractivity (Wildman–Crippen MR) is 132 cm³/mol. The van der Waals surface area contributed by atoms with E-state index in [0.29, 0.717) is 22.6 Å². The number of carbonyl (C=O) groups is 1. The van der Waals surface area contributed by atoms with Gasteiger partial charge in [-0.05, 0) is 50.7 Å². The van der Waals surface area contributed by atoms with Gasteiger partial charge in [0.1, 0.15) is 17.2 Å². The monoisotopic (exact) mass is 462 g/mol. The van der Waals surface area contributed by atoms with E-state index in [9.17, 15) is 9.18 Å². The molecular formula is C27H31FN4O2. The zero-order valence-electron chi connectivity index (χ0n) is 20.0. The number of nitrogens with zero attached hydrogens (tertiary/aromatic N) is 3. The smallest absolute Gasteiger partial charge is 0.260 e. The number of likely N-dealkylation sites (N-methyl/N-ethyl adjacent to an activating group) is 1. The van der Waals surface area contributed by atoms with E-state index >= 15 is 0 Å². The number of benzene rings is 1. The number of nitrogens with one attached hydrogen (secondary N) is 1. The highest BCUT2D eigenvalue weighted by molar-refractivity contribution is 6.32. The van der Waals surface area contributed by atoms with E-state index in [1.54, 1.807) is 6.07 Å². The largest absolute Gasteiger partial charge is 0.482 e. The molecule has 1 aromatic heterocycles.